The maximum absolute atomic E-state index is 5.94. The Morgan fingerprint density at radius 2 is 2.38 bits per heavy atom. The van der Waals surface area contributed by atoms with Crippen molar-refractivity contribution in [2.75, 3.05) is 0 Å². The molecule has 1 fully saturated rings. The fraction of sp³-hybridized carbons (Fsp3) is 0.600. The molecular weight excluding hydrogens is 164 g/mol. The van der Waals surface area contributed by atoms with Gasteiger partial charge in [-0.25, -0.2) is 0 Å². The second-order valence-electron chi connectivity index (χ2n) is 3.87. The molecule has 0 unspecified atom stereocenters. The highest BCUT2D eigenvalue weighted by Crippen LogP contribution is 2.24. The van der Waals surface area contributed by atoms with Crippen LogP contribution in [0.2, 0.25) is 0 Å². The lowest BCUT2D eigenvalue weighted by atomic mass is 9.94. The Morgan fingerprint density at radius 3 is 3.00 bits per heavy atom. The molecule has 1 saturated heterocycles. The number of furan rings is 1. The standard InChI is InChI=1S/C10H16N2O/c1-7-5-8(11)6-9(12-7)10-3-2-4-13-10/h2-4,7-9,12H,5-6,11H2,1H3/t7-,8+,9-/m0/s1. The molecule has 2 rings (SSSR count). The molecule has 0 radical (unpaired) electrons. The molecule has 1 aromatic heterocycles. The molecule has 3 atom stereocenters. The molecule has 1 aliphatic rings. The van der Waals surface area contributed by atoms with Gasteiger partial charge in [0.05, 0.1) is 12.3 Å². The van der Waals surface area contributed by atoms with Gasteiger partial charge in [-0.05, 0) is 31.9 Å². The molecule has 2 heterocycles. The van der Waals surface area contributed by atoms with Crippen molar-refractivity contribution in [1.82, 2.24) is 5.32 Å². The summed E-state index contributed by atoms with van der Waals surface area (Å²) in [5.41, 5.74) is 5.94. The van der Waals surface area contributed by atoms with Crippen LogP contribution >= 0.6 is 0 Å². The lowest BCUT2D eigenvalue weighted by Crippen LogP contribution is -2.44. The molecule has 1 aromatic rings. The maximum Gasteiger partial charge on any atom is 0.120 e. The van der Waals surface area contributed by atoms with Crippen LogP contribution < -0.4 is 11.1 Å². The topological polar surface area (TPSA) is 51.2 Å². The lowest BCUT2D eigenvalue weighted by Gasteiger charge is -2.31. The molecule has 0 aromatic carbocycles. The summed E-state index contributed by atoms with van der Waals surface area (Å²) in [7, 11) is 0. The van der Waals surface area contributed by atoms with Crippen LogP contribution in [0.25, 0.3) is 0 Å². The molecule has 1 aliphatic heterocycles. The maximum atomic E-state index is 5.94. The summed E-state index contributed by atoms with van der Waals surface area (Å²) in [6, 6.07) is 5.00. The number of hydrogen-bond donors (Lipinski definition) is 2. The summed E-state index contributed by atoms with van der Waals surface area (Å²) < 4.78 is 5.35. The first-order valence-corrected chi connectivity index (χ1v) is 4.80. The molecule has 3 heteroatoms. The second-order valence-corrected chi connectivity index (χ2v) is 3.87. The molecule has 0 amide bonds. The van der Waals surface area contributed by atoms with E-state index in [1.165, 1.54) is 0 Å². The molecule has 0 aliphatic carbocycles. The first-order valence-electron chi connectivity index (χ1n) is 4.80. The van der Waals surface area contributed by atoms with E-state index in [-0.39, 0.29) is 0 Å². The van der Waals surface area contributed by atoms with E-state index in [0.717, 1.165) is 18.6 Å². The Morgan fingerprint density at radius 1 is 1.54 bits per heavy atom. The number of nitrogens with one attached hydrogen (secondary N) is 1. The highest BCUT2D eigenvalue weighted by molar-refractivity contribution is 5.07. The molecule has 13 heavy (non-hydrogen) atoms. The number of hydrogen-bond acceptors (Lipinski definition) is 3. The van der Waals surface area contributed by atoms with E-state index in [4.69, 9.17) is 10.2 Å². The minimum Gasteiger partial charge on any atom is -0.468 e. The average Bonchev–Trinajstić information content (AvgIpc) is 2.53. The van der Waals surface area contributed by atoms with Gasteiger partial charge in [0, 0.05) is 12.1 Å². The van der Waals surface area contributed by atoms with Crippen molar-refractivity contribution in [1.29, 1.82) is 0 Å². The zero-order chi connectivity index (χ0) is 9.26. The Hall–Kier alpha value is -0.800. The largest absolute Gasteiger partial charge is 0.468 e. The first kappa shape index (κ1) is 8.78. The second kappa shape index (κ2) is 3.52. The monoisotopic (exact) mass is 180 g/mol. The summed E-state index contributed by atoms with van der Waals surface area (Å²) in [6.07, 6.45) is 3.73. The molecule has 0 spiro atoms. The molecule has 3 nitrogen and oxygen atoms in total. The van der Waals surface area contributed by atoms with Crippen molar-refractivity contribution in [3.63, 3.8) is 0 Å². The fourth-order valence-electron chi connectivity index (χ4n) is 2.02. The van der Waals surface area contributed by atoms with Crippen molar-refractivity contribution in [2.45, 2.75) is 37.9 Å². The van der Waals surface area contributed by atoms with Gasteiger partial charge in [0.2, 0.25) is 0 Å². The highest BCUT2D eigenvalue weighted by Gasteiger charge is 2.25. The Balaban J connectivity index is 2.07. The summed E-state index contributed by atoms with van der Waals surface area (Å²) >= 11 is 0. The average molecular weight is 180 g/mol. The zero-order valence-corrected chi connectivity index (χ0v) is 7.86. The number of piperidine rings is 1. The summed E-state index contributed by atoms with van der Waals surface area (Å²) in [5.74, 6) is 1.00. The zero-order valence-electron chi connectivity index (χ0n) is 7.86. The number of nitrogens with two attached hydrogens (primary N) is 1. The van der Waals surface area contributed by atoms with Gasteiger partial charge >= 0.3 is 0 Å². The predicted molar refractivity (Wildman–Crippen MR) is 51.3 cm³/mol. The van der Waals surface area contributed by atoms with E-state index in [1.54, 1.807) is 6.26 Å². The third-order valence-electron chi connectivity index (χ3n) is 2.57. The smallest absolute Gasteiger partial charge is 0.120 e. The molecule has 0 bridgehead atoms. The van der Waals surface area contributed by atoms with Gasteiger partial charge in [-0.1, -0.05) is 0 Å². The predicted octanol–water partition coefficient (Wildman–Crippen LogP) is 1.42. The van der Waals surface area contributed by atoms with E-state index in [1.807, 2.05) is 12.1 Å². The Labute approximate surface area is 78.3 Å². The third-order valence-corrected chi connectivity index (χ3v) is 2.57. The molecule has 3 N–H and O–H groups in total. The fourth-order valence-corrected chi connectivity index (χ4v) is 2.02. The van der Waals surface area contributed by atoms with Crippen molar-refractivity contribution in [3.05, 3.63) is 24.2 Å². The van der Waals surface area contributed by atoms with Gasteiger partial charge in [-0.2, -0.15) is 0 Å². The van der Waals surface area contributed by atoms with Gasteiger partial charge in [-0.3, -0.25) is 0 Å². The minimum absolute atomic E-state index is 0.298. The van der Waals surface area contributed by atoms with E-state index in [9.17, 15) is 0 Å². The van der Waals surface area contributed by atoms with Crippen molar-refractivity contribution in [2.24, 2.45) is 5.73 Å². The Kier molecular flexibility index (Phi) is 2.38. The van der Waals surface area contributed by atoms with Crippen molar-refractivity contribution >= 4 is 0 Å². The van der Waals surface area contributed by atoms with Crippen LogP contribution in [-0.4, -0.2) is 12.1 Å². The summed E-state index contributed by atoms with van der Waals surface area (Å²) in [5, 5.41) is 3.48. The van der Waals surface area contributed by atoms with Gasteiger partial charge in [0.25, 0.3) is 0 Å². The normalized spacial score (nSPS) is 34.8. The van der Waals surface area contributed by atoms with Crippen LogP contribution in [0.5, 0.6) is 0 Å². The van der Waals surface area contributed by atoms with E-state index < -0.39 is 0 Å². The van der Waals surface area contributed by atoms with Crippen LogP contribution in [-0.2, 0) is 0 Å². The van der Waals surface area contributed by atoms with Gasteiger partial charge in [0.15, 0.2) is 0 Å². The quantitative estimate of drug-likeness (QED) is 0.687. The number of rotatable bonds is 1. The SMILES string of the molecule is C[C@H]1C[C@@H](N)C[C@@H](c2ccco2)N1. The molecule has 72 valence electrons. The van der Waals surface area contributed by atoms with Crippen LogP contribution in [0, 0.1) is 0 Å². The Bertz CT molecular complexity index is 248. The van der Waals surface area contributed by atoms with Crippen LogP contribution in [0.3, 0.4) is 0 Å². The van der Waals surface area contributed by atoms with Crippen LogP contribution in [0.15, 0.2) is 22.8 Å². The van der Waals surface area contributed by atoms with E-state index >= 15 is 0 Å². The van der Waals surface area contributed by atoms with Crippen LogP contribution in [0.4, 0.5) is 0 Å². The van der Waals surface area contributed by atoms with Gasteiger partial charge in [0.1, 0.15) is 5.76 Å². The summed E-state index contributed by atoms with van der Waals surface area (Å²) in [6.45, 7) is 2.16. The molecular formula is C10H16N2O. The van der Waals surface area contributed by atoms with Crippen molar-refractivity contribution < 1.29 is 4.42 Å². The van der Waals surface area contributed by atoms with Crippen molar-refractivity contribution in [3.8, 4) is 0 Å². The van der Waals surface area contributed by atoms with Crippen LogP contribution in [0.1, 0.15) is 31.6 Å². The highest BCUT2D eigenvalue weighted by atomic mass is 16.3. The minimum atomic E-state index is 0.298. The molecule has 0 saturated carbocycles. The first-order chi connectivity index (χ1) is 6.25. The lowest BCUT2D eigenvalue weighted by molar-refractivity contribution is 0.275. The summed E-state index contributed by atoms with van der Waals surface area (Å²) in [4.78, 5) is 0. The third kappa shape index (κ3) is 1.92. The van der Waals surface area contributed by atoms with Gasteiger partial charge in [-0.15, -0.1) is 0 Å². The van der Waals surface area contributed by atoms with Gasteiger partial charge < -0.3 is 15.5 Å². The van der Waals surface area contributed by atoms with E-state index in [2.05, 4.69) is 12.2 Å². The van der Waals surface area contributed by atoms with E-state index in [0.29, 0.717) is 18.1 Å².